The molecule has 1 rings (SSSR count). The van der Waals surface area contributed by atoms with Gasteiger partial charge in [-0.2, -0.15) is 0 Å². The Balaban J connectivity index is 2.33. The highest BCUT2D eigenvalue weighted by Crippen LogP contribution is 2.03. The molecule has 0 aromatic rings. The fourth-order valence-electron chi connectivity index (χ4n) is 0.942. The van der Waals surface area contributed by atoms with E-state index in [4.69, 9.17) is 9.84 Å². The lowest BCUT2D eigenvalue weighted by Crippen LogP contribution is -2.41. The molecule has 0 aliphatic carbocycles. The van der Waals surface area contributed by atoms with E-state index in [-0.39, 0.29) is 11.9 Å². The van der Waals surface area contributed by atoms with Gasteiger partial charge in [-0.25, -0.2) is 0 Å². The number of hydrogen-bond acceptors (Lipinski definition) is 3. The molecule has 0 radical (unpaired) electrons. The minimum Gasteiger partial charge on any atom is -0.388 e. The van der Waals surface area contributed by atoms with Crippen LogP contribution in [0.15, 0.2) is 0 Å². The van der Waals surface area contributed by atoms with E-state index >= 15 is 0 Å². The van der Waals surface area contributed by atoms with Crippen molar-refractivity contribution in [1.29, 1.82) is 0 Å². The first-order chi connectivity index (χ1) is 4.70. The van der Waals surface area contributed by atoms with E-state index in [9.17, 15) is 4.79 Å². The summed E-state index contributed by atoms with van der Waals surface area (Å²) in [6, 6.07) is -0.211. The molecule has 0 spiro atoms. The van der Waals surface area contributed by atoms with Crippen LogP contribution in [0.1, 0.15) is 6.92 Å². The Kier molecular flexibility index (Phi) is 2.24. The van der Waals surface area contributed by atoms with Gasteiger partial charge in [0.15, 0.2) is 0 Å². The third kappa shape index (κ3) is 1.68. The lowest BCUT2D eigenvalue weighted by atomic mass is 10.2. The fourth-order valence-corrected chi connectivity index (χ4v) is 0.942. The molecule has 0 bridgehead atoms. The molecule has 1 heterocycles. The smallest absolute Gasteiger partial charge is 0.217 e. The van der Waals surface area contributed by atoms with Gasteiger partial charge in [-0.3, -0.25) is 4.79 Å². The third-order valence-electron chi connectivity index (χ3n) is 1.44. The van der Waals surface area contributed by atoms with Crippen LogP contribution in [0.2, 0.25) is 0 Å². The second-order valence-electron chi connectivity index (χ2n) is 2.41. The molecule has 1 aliphatic heterocycles. The predicted octanol–water partition coefficient (Wildman–Crippen LogP) is -1.12. The van der Waals surface area contributed by atoms with Crippen LogP contribution >= 0.6 is 0 Å². The maximum absolute atomic E-state index is 10.5. The van der Waals surface area contributed by atoms with Gasteiger partial charge in [-0.1, -0.05) is 0 Å². The van der Waals surface area contributed by atoms with Crippen LogP contribution in [0.5, 0.6) is 0 Å². The highest BCUT2D eigenvalue weighted by atomic mass is 16.5. The van der Waals surface area contributed by atoms with Gasteiger partial charge in [0.25, 0.3) is 0 Å². The molecule has 2 N–H and O–H groups in total. The molecule has 2 atom stereocenters. The summed E-state index contributed by atoms with van der Waals surface area (Å²) in [4.78, 5) is 10.5. The van der Waals surface area contributed by atoms with E-state index in [0.717, 1.165) is 0 Å². The van der Waals surface area contributed by atoms with Gasteiger partial charge < -0.3 is 15.2 Å². The van der Waals surface area contributed by atoms with Crippen molar-refractivity contribution >= 4 is 5.91 Å². The standard InChI is InChI=1S/C6H11NO3/c1-4(8)7-5-2-10-3-6(5)9/h5-6,9H,2-3H2,1H3,(H,7,8)/t5-,6+/m0/s1. The number of carbonyl (C=O) groups is 1. The van der Waals surface area contributed by atoms with Crippen LogP contribution in [-0.4, -0.2) is 36.4 Å². The summed E-state index contributed by atoms with van der Waals surface area (Å²) in [6.45, 7) is 2.16. The first kappa shape index (κ1) is 7.50. The molecule has 1 aliphatic rings. The molecule has 4 nitrogen and oxygen atoms in total. The molecule has 4 heteroatoms. The van der Waals surface area contributed by atoms with Gasteiger partial charge >= 0.3 is 0 Å². The average Bonchev–Trinajstić information content (AvgIpc) is 2.15. The van der Waals surface area contributed by atoms with Crippen LogP contribution in [-0.2, 0) is 9.53 Å². The molecule has 1 saturated heterocycles. The maximum atomic E-state index is 10.5. The first-order valence-corrected chi connectivity index (χ1v) is 3.23. The summed E-state index contributed by atoms with van der Waals surface area (Å²) >= 11 is 0. The zero-order valence-electron chi connectivity index (χ0n) is 5.83. The van der Waals surface area contributed by atoms with E-state index in [1.54, 1.807) is 0 Å². The number of nitrogens with one attached hydrogen (secondary N) is 1. The maximum Gasteiger partial charge on any atom is 0.217 e. The molecule has 1 fully saturated rings. The Morgan fingerprint density at radius 3 is 2.80 bits per heavy atom. The summed E-state index contributed by atoms with van der Waals surface area (Å²) in [5.41, 5.74) is 0. The summed E-state index contributed by atoms with van der Waals surface area (Å²) in [6.07, 6.45) is -0.538. The Morgan fingerprint density at radius 2 is 2.40 bits per heavy atom. The molecule has 0 aromatic carbocycles. The summed E-state index contributed by atoms with van der Waals surface area (Å²) in [7, 11) is 0. The van der Waals surface area contributed by atoms with Crippen molar-refractivity contribution in [2.45, 2.75) is 19.1 Å². The van der Waals surface area contributed by atoms with E-state index in [2.05, 4.69) is 5.32 Å². The number of carbonyl (C=O) groups excluding carboxylic acids is 1. The van der Waals surface area contributed by atoms with Crippen LogP contribution in [0.4, 0.5) is 0 Å². The summed E-state index contributed by atoms with van der Waals surface area (Å²) < 4.78 is 4.91. The van der Waals surface area contributed by atoms with Crippen molar-refractivity contribution in [1.82, 2.24) is 5.32 Å². The number of ether oxygens (including phenoxy) is 1. The van der Waals surface area contributed by atoms with Gasteiger partial charge in [0.05, 0.1) is 25.4 Å². The SMILES string of the molecule is CC(=O)N[C@H]1COC[C@H]1O. The van der Waals surface area contributed by atoms with Crippen LogP contribution in [0, 0.1) is 0 Å². The monoisotopic (exact) mass is 145 g/mol. The lowest BCUT2D eigenvalue weighted by molar-refractivity contribution is -0.120. The van der Waals surface area contributed by atoms with Crippen LogP contribution in [0.3, 0.4) is 0 Å². The molecule has 1 amide bonds. The Morgan fingerprint density at radius 1 is 1.70 bits per heavy atom. The fraction of sp³-hybridized carbons (Fsp3) is 0.833. The predicted molar refractivity (Wildman–Crippen MR) is 34.4 cm³/mol. The lowest BCUT2D eigenvalue weighted by Gasteiger charge is -2.11. The quantitative estimate of drug-likeness (QED) is 0.491. The Hall–Kier alpha value is -0.610. The number of aliphatic hydroxyl groups excluding tert-OH is 1. The van der Waals surface area contributed by atoms with E-state index in [0.29, 0.717) is 13.2 Å². The van der Waals surface area contributed by atoms with Crippen molar-refractivity contribution in [2.75, 3.05) is 13.2 Å². The van der Waals surface area contributed by atoms with Crippen molar-refractivity contribution in [3.63, 3.8) is 0 Å². The minimum atomic E-state index is -0.538. The Bertz CT molecular complexity index is 137. The topological polar surface area (TPSA) is 58.6 Å². The molecule has 0 unspecified atom stereocenters. The van der Waals surface area contributed by atoms with Crippen molar-refractivity contribution in [3.8, 4) is 0 Å². The van der Waals surface area contributed by atoms with E-state index < -0.39 is 6.10 Å². The number of amides is 1. The molecular weight excluding hydrogens is 134 g/mol. The molecule has 0 aromatic heterocycles. The highest BCUT2D eigenvalue weighted by Gasteiger charge is 2.26. The van der Waals surface area contributed by atoms with Gasteiger partial charge in [0, 0.05) is 6.92 Å². The molecule has 0 saturated carbocycles. The highest BCUT2D eigenvalue weighted by molar-refractivity contribution is 5.73. The molecule has 10 heavy (non-hydrogen) atoms. The minimum absolute atomic E-state index is 0.130. The second kappa shape index (κ2) is 2.98. The molecular formula is C6H11NO3. The molecule has 58 valence electrons. The summed E-state index contributed by atoms with van der Waals surface area (Å²) in [5, 5.41) is 11.7. The average molecular weight is 145 g/mol. The second-order valence-corrected chi connectivity index (χ2v) is 2.41. The van der Waals surface area contributed by atoms with Gasteiger partial charge in [0.1, 0.15) is 0 Å². The zero-order valence-corrected chi connectivity index (χ0v) is 5.83. The van der Waals surface area contributed by atoms with Crippen molar-refractivity contribution in [3.05, 3.63) is 0 Å². The van der Waals surface area contributed by atoms with Crippen LogP contribution in [0.25, 0.3) is 0 Å². The van der Waals surface area contributed by atoms with Crippen molar-refractivity contribution in [2.24, 2.45) is 0 Å². The van der Waals surface area contributed by atoms with Gasteiger partial charge in [-0.05, 0) is 0 Å². The number of aliphatic hydroxyl groups is 1. The van der Waals surface area contributed by atoms with Crippen LogP contribution < -0.4 is 5.32 Å². The third-order valence-corrected chi connectivity index (χ3v) is 1.44. The van der Waals surface area contributed by atoms with Crippen molar-refractivity contribution < 1.29 is 14.6 Å². The Labute approximate surface area is 59.2 Å². The summed E-state index contributed by atoms with van der Waals surface area (Å²) in [5.74, 6) is -0.130. The number of rotatable bonds is 1. The van der Waals surface area contributed by atoms with Gasteiger partial charge in [0.2, 0.25) is 5.91 Å². The largest absolute Gasteiger partial charge is 0.388 e. The first-order valence-electron chi connectivity index (χ1n) is 3.23. The van der Waals surface area contributed by atoms with E-state index in [1.807, 2.05) is 0 Å². The normalized spacial score (nSPS) is 32.2. The van der Waals surface area contributed by atoms with E-state index in [1.165, 1.54) is 6.92 Å². The number of hydrogen-bond donors (Lipinski definition) is 2. The zero-order chi connectivity index (χ0) is 7.56. The van der Waals surface area contributed by atoms with Gasteiger partial charge in [-0.15, -0.1) is 0 Å².